The van der Waals surface area contributed by atoms with Crippen LogP contribution in [0.4, 0.5) is 0 Å². The van der Waals surface area contributed by atoms with Gasteiger partial charge < -0.3 is 4.74 Å². The molecule has 0 aliphatic heterocycles. The smallest absolute Gasteiger partial charge is 0.252 e. The lowest BCUT2D eigenvalue weighted by molar-refractivity contribution is 0.149. The predicted molar refractivity (Wildman–Crippen MR) is 70.2 cm³/mol. The third-order valence-corrected chi connectivity index (χ3v) is 6.19. The number of hydrogen-bond acceptors (Lipinski definition) is 4. The summed E-state index contributed by atoms with van der Waals surface area (Å²) in [7, 11) is -0.332. The third kappa shape index (κ3) is 3.42. The summed E-state index contributed by atoms with van der Waals surface area (Å²) < 4.78 is 31.0. The van der Waals surface area contributed by atoms with Crippen molar-refractivity contribution in [3.8, 4) is 0 Å². The fraction of sp³-hybridized carbons (Fsp3) is 0.600. The molecule has 0 aromatic carbocycles. The molecule has 1 aromatic rings. The number of likely N-dealkylation sites (N-methyl/N-ethyl adjacent to an activating group) is 1. The number of thiophene rings is 1. The van der Waals surface area contributed by atoms with E-state index in [1.165, 1.54) is 15.6 Å². The molecule has 98 valence electrons. The average molecular weight is 298 g/mol. The van der Waals surface area contributed by atoms with Crippen molar-refractivity contribution in [3.63, 3.8) is 0 Å². The van der Waals surface area contributed by atoms with E-state index in [1.54, 1.807) is 32.5 Å². The first-order valence-corrected chi connectivity index (χ1v) is 7.89. The summed E-state index contributed by atoms with van der Waals surface area (Å²) in [6, 6.07) is 1.41. The molecule has 0 N–H and O–H groups in total. The fourth-order valence-corrected chi connectivity index (χ4v) is 4.27. The van der Waals surface area contributed by atoms with Crippen LogP contribution < -0.4 is 0 Å². The Hall–Kier alpha value is -0.140. The highest BCUT2D eigenvalue weighted by molar-refractivity contribution is 7.91. The summed E-state index contributed by atoms with van der Waals surface area (Å²) in [5.41, 5.74) is 0.822. The number of rotatable bonds is 6. The molecular formula is C10H16ClNO3S2. The molecule has 0 fully saturated rings. The van der Waals surface area contributed by atoms with Gasteiger partial charge in [-0.1, -0.05) is 0 Å². The van der Waals surface area contributed by atoms with Crippen molar-refractivity contribution in [2.45, 2.75) is 23.1 Å². The largest absolute Gasteiger partial charge is 0.383 e. The normalized spacial score (nSPS) is 14.2. The molecule has 0 aliphatic carbocycles. The Morgan fingerprint density at radius 2 is 2.24 bits per heavy atom. The molecular weight excluding hydrogens is 282 g/mol. The first-order chi connectivity index (χ1) is 7.93. The Bertz CT molecular complexity index is 458. The second-order valence-electron chi connectivity index (χ2n) is 3.73. The highest BCUT2D eigenvalue weighted by Gasteiger charge is 2.26. The average Bonchev–Trinajstić information content (AvgIpc) is 2.77. The highest BCUT2D eigenvalue weighted by Crippen LogP contribution is 2.25. The van der Waals surface area contributed by atoms with Crippen LogP contribution in [0.15, 0.2) is 15.7 Å². The van der Waals surface area contributed by atoms with Crippen molar-refractivity contribution < 1.29 is 13.2 Å². The minimum absolute atomic E-state index is 0.202. The van der Waals surface area contributed by atoms with E-state index in [4.69, 9.17) is 16.3 Å². The second kappa shape index (κ2) is 6.15. The van der Waals surface area contributed by atoms with E-state index < -0.39 is 10.0 Å². The van der Waals surface area contributed by atoms with Gasteiger partial charge >= 0.3 is 0 Å². The number of ether oxygens (including phenoxy) is 1. The van der Waals surface area contributed by atoms with E-state index in [1.807, 2.05) is 0 Å². The first kappa shape index (κ1) is 14.9. The van der Waals surface area contributed by atoms with Crippen LogP contribution in [0.3, 0.4) is 0 Å². The fourth-order valence-electron chi connectivity index (χ4n) is 1.28. The lowest BCUT2D eigenvalue weighted by Crippen LogP contribution is -2.37. The minimum Gasteiger partial charge on any atom is -0.383 e. The lowest BCUT2D eigenvalue weighted by Gasteiger charge is -2.22. The van der Waals surface area contributed by atoms with Gasteiger partial charge in [-0.05, 0) is 23.9 Å². The van der Waals surface area contributed by atoms with Crippen LogP contribution in [0.25, 0.3) is 0 Å². The summed E-state index contributed by atoms with van der Waals surface area (Å²) in [6.45, 7) is 2.17. The maximum absolute atomic E-state index is 12.2. The number of hydrogen-bond donors (Lipinski definition) is 0. The highest BCUT2D eigenvalue weighted by atomic mass is 35.5. The van der Waals surface area contributed by atoms with Crippen molar-refractivity contribution in [2.75, 3.05) is 20.8 Å². The molecule has 0 saturated carbocycles. The van der Waals surface area contributed by atoms with E-state index in [0.717, 1.165) is 5.56 Å². The van der Waals surface area contributed by atoms with Crippen LogP contribution in [-0.2, 0) is 20.6 Å². The summed E-state index contributed by atoms with van der Waals surface area (Å²) in [4.78, 5) is 0. The molecule has 1 heterocycles. The van der Waals surface area contributed by atoms with Gasteiger partial charge in [-0.2, -0.15) is 4.31 Å². The van der Waals surface area contributed by atoms with Gasteiger partial charge in [0.15, 0.2) is 0 Å². The number of alkyl halides is 1. The van der Waals surface area contributed by atoms with Gasteiger partial charge in [0, 0.05) is 26.1 Å². The van der Waals surface area contributed by atoms with Gasteiger partial charge in [0.2, 0.25) is 0 Å². The number of sulfonamides is 1. The van der Waals surface area contributed by atoms with Crippen molar-refractivity contribution in [1.29, 1.82) is 0 Å². The molecule has 0 saturated heterocycles. The Morgan fingerprint density at radius 3 is 2.71 bits per heavy atom. The molecule has 1 atom stereocenters. The zero-order valence-corrected chi connectivity index (χ0v) is 12.4. The van der Waals surface area contributed by atoms with Crippen LogP contribution in [0, 0.1) is 0 Å². The molecule has 7 heteroatoms. The molecule has 0 bridgehead atoms. The molecule has 1 rings (SSSR count). The summed E-state index contributed by atoms with van der Waals surface area (Å²) in [6.07, 6.45) is 0. The van der Waals surface area contributed by atoms with Crippen LogP contribution in [-0.4, -0.2) is 39.5 Å². The van der Waals surface area contributed by atoms with Gasteiger partial charge in [-0.25, -0.2) is 8.42 Å². The maximum Gasteiger partial charge on any atom is 0.252 e. The van der Waals surface area contributed by atoms with Crippen molar-refractivity contribution >= 4 is 33.0 Å². The quantitative estimate of drug-likeness (QED) is 0.756. The van der Waals surface area contributed by atoms with Crippen molar-refractivity contribution in [2.24, 2.45) is 0 Å². The molecule has 0 amide bonds. The molecule has 0 aliphatic rings. The van der Waals surface area contributed by atoms with E-state index in [0.29, 0.717) is 16.7 Å². The zero-order valence-electron chi connectivity index (χ0n) is 10.0. The number of methoxy groups -OCH3 is 1. The Morgan fingerprint density at radius 1 is 1.59 bits per heavy atom. The van der Waals surface area contributed by atoms with E-state index >= 15 is 0 Å². The molecule has 4 nitrogen and oxygen atoms in total. The van der Waals surface area contributed by atoms with Crippen LogP contribution in [0.1, 0.15) is 12.5 Å². The molecule has 1 unspecified atom stereocenters. The predicted octanol–water partition coefficient (Wildman–Crippen LogP) is 2.14. The molecule has 0 spiro atoms. The monoisotopic (exact) mass is 297 g/mol. The van der Waals surface area contributed by atoms with Crippen molar-refractivity contribution in [3.05, 3.63) is 17.0 Å². The minimum atomic E-state index is -3.44. The first-order valence-electron chi connectivity index (χ1n) is 5.03. The van der Waals surface area contributed by atoms with Gasteiger partial charge in [0.25, 0.3) is 10.0 Å². The third-order valence-electron chi connectivity index (χ3n) is 2.45. The van der Waals surface area contributed by atoms with Gasteiger partial charge in [0.05, 0.1) is 6.61 Å². The van der Waals surface area contributed by atoms with Crippen LogP contribution in [0.2, 0.25) is 0 Å². The molecule has 0 radical (unpaired) electrons. The summed E-state index contributed by atoms with van der Waals surface area (Å²) in [5, 5.41) is 1.76. The van der Waals surface area contributed by atoms with Gasteiger partial charge in [-0.15, -0.1) is 22.9 Å². The van der Waals surface area contributed by atoms with E-state index in [-0.39, 0.29) is 6.04 Å². The van der Waals surface area contributed by atoms with E-state index in [9.17, 15) is 8.42 Å². The summed E-state index contributed by atoms with van der Waals surface area (Å²) >= 11 is 6.85. The van der Waals surface area contributed by atoms with Crippen LogP contribution in [0.5, 0.6) is 0 Å². The lowest BCUT2D eigenvalue weighted by atomic mass is 10.4. The number of halogens is 1. The van der Waals surface area contributed by atoms with Crippen LogP contribution >= 0.6 is 22.9 Å². The Kier molecular flexibility index (Phi) is 5.40. The molecule has 1 aromatic heterocycles. The SMILES string of the molecule is COCC(C)N(C)S(=O)(=O)c1cc(CCl)cs1. The topological polar surface area (TPSA) is 46.6 Å². The van der Waals surface area contributed by atoms with E-state index in [2.05, 4.69) is 0 Å². The van der Waals surface area contributed by atoms with Gasteiger partial charge in [0.1, 0.15) is 4.21 Å². The maximum atomic E-state index is 12.2. The Balaban J connectivity index is 2.94. The Labute approximate surface area is 111 Å². The summed E-state index contributed by atoms with van der Waals surface area (Å²) in [5.74, 6) is 0.323. The standard InChI is InChI=1S/C10H16ClNO3S2/c1-8(6-15-3)12(2)17(13,14)10-4-9(5-11)7-16-10/h4,7-8H,5-6H2,1-3H3. The van der Waals surface area contributed by atoms with Crippen molar-refractivity contribution in [1.82, 2.24) is 4.31 Å². The molecule has 17 heavy (non-hydrogen) atoms. The zero-order chi connectivity index (χ0) is 13.1. The second-order valence-corrected chi connectivity index (χ2v) is 7.14. The number of nitrogens with zero attached hydrogens (tertiary/aromatic N) is 1. The van der Waals surface area contributed by atoms with Gasteiger partial charge in [-0.3, -0.25) is 0 Å².